The number of halogens is 9. The van der Waals surface area contributed by atoms with Gasteiger partial charge in [0.2, 0.25) is 11.1 Å². The Balaban J connectivity index is 0.000000143. The fraction of sp³-hybridized carbons (Fsp3) is 0.0341. The number of nitriles is 1. The van der Waals surface area contributed by atoms with Gasteiger partial charge in [-0.05, 0) is 99.1 Å². The minimum absolute atomic E-state index is 0.00130. The van der Waals surface area contributed by atoms with Crippen molar-refractivity contribution in [3.63, 3.8) is 0 Å². The number of hydrogen-bond acceptors (Lipinski definition) is 35. The zero-order valence-corrected chi connectivity index (χ0v) is 69.9. The van der Waals surface area contributed by atoms with Crippen LogP contribution in [0.1, 0.15) is 68.0 Å². The van der Waals surface area contributed by atoms with Gasteiger partial charge in [0.05, 0.1) is 42.9 Å². The van der Waals surface area contributed by atoms with E-state index in [1.54, 1.807) is 60.9 Å². The van der Waals surface area contributed by atoms with Crippen LogP contribution in [0.2, 0.25) is 15.3 Å². The fourth-order valence-electron chi connectivity index (χ4n) is 11.5. The predicted octanol–water partition coefficient (Wildman–Crippen LogP) is 16.3. The molecule has 0 atom stereocenters. The molecule has 10 aromatic carbocycles. The zero-order valence-electron chi connectivity index (χ0n) is 67.6. The maximum atomic E-state index is 13.2. The largest absolute Gasteiger partial charge is 0.506 e. The molecule has 0 aliphatic rings. The van der Waals surface area contributed by atoms with Crippen molar-refractivity contribution >= 4 is 167 Å². The van der Waals surface area contributed by atoms with Crippen molar-refractivity contribution in [2.45, 2.75) is 20.8 Å². The second-order valence-electron chi connectivity index (χ2n) is 26.4. The number of fused-ring (bicyclic) bond motifs is 10. The minimum Gasteiger partial charge on any atom is -0.506 e. The van der Waals surface area contributed by atoms with Crippen molar-refractivity contribution in [2.75, 3.05) is 0 Å². The highest BCUT2D eigenvalue weighted by atomic mass is 35.5. The highest BCUT2D eigenvalue weighted by Gasteiger charge is 2.20. The molecule has 0 saturated heterocycles. The number of nitrogens with zero attached hydrogens (tertiary/aromatic N) is 21. The summed E-state index contributed by atoms with van der Waals surface area (Å²) in [5.74, 6) is -8.47. The van der Waals surface area contributed by atoms with E-state index in [2.05, 4.69) is 99.7 Å². The first-order valence-corrected chi connectivity index (χ1v) is 38.3. The molecule has 0 aliphatic heterocycles. The van der Waals surface area contributed by atoms with E-state index in [0.717, 1.165) is 29.2 Å². The van der Waals surface area contributed by atoms with Crippen molar-refractivity contribution in [3.05, 3.63) is 300 Å². The molecular formula is C88H56Cl3F6N21O15. The topological polar surface area (TPSA) is 572 Å². The second kappa shape index (κ2) is 43.5. The summed E-state index contributed by atoms with van der Waals surface area (Å²) in [6.07, 6.45) is 24.5. The first-order valence-electron chi connectivity index (χ1n) is 37.1. The van der Waals surface area contributed by atoms with Crippen molar-refractivity contribution in [1.29, 1.82) is 5.26 Å². The molecule has 10 aromatic heterocycles. The summed E-state index contributed by atoms with van der Waals surface area (Å²) in [4.78, 5) is 119. The lowest BCUT2D eigenvalue weighted by Gasteiger charge is -2.03. The van der Waals surface area contributed by atoms with Gasteiger partial charge in [-0.2, -0.15) is 5.26 Å². The van der Waals surface area contributed by atoms with Crippen molar-refractivity contribution < 1.29 is 102 Å². The summed E-state index contributed by atoms with van der Waals surface area (Å²) in [7, 11) is 0. The van der Waals surface area contributed by atoms with E-state index in [9.17, 15) is 91.5 Å². The molecule has 0 unspecified atom stereocenters. The van der Waals surface area contributed by atoms with Gasteiger partial charge < -0.3 is 56.2 Å². The van der Waals surface area contributed by atoms with Gasteiger partial charge in [-0.25, -0.2) is 131 Å². The van der Waals surface area contributed by atoms with E-state index in [1.807, 2.05) is 6.07 Å². The van der Waals surface area contributed by atoms with E-state index in [0.29, 0.717) is 49.5 Å². The Labute approximate surface area is 754 Å². The highest BCUT2D eigenvalue weighted by Crippen LogP contribution is 2.37. The number of carbonyl (C=O) groups is 4. The van der Waals surface area contributed by atoms with E-state index < -0.39 is 58.1 Å². The minimum atomic E-state index is -1.18. The van der Waals surface area contributed by atoms with Crippen molar-refractivity contribution in [1.82, 2.24) is 99.7 Å². The molecule has 36 nitrogen and oxygen atoms in total. The summed E-state index contributed by atoms with van der Waals surface area (Å²) in [5, 5.41) is 117. The summed E-state index contributed by atoms with van der Waals surface area (Å²) >= 11 is 16.9. The van der Waals surface area contributed by atoms with E-state index in [-0.39, 0.29) is 156 Å². The molecule has 11 N–H and O–H groups in total. The first kappa shape index (κ1) is 95.7. The van der Waals surface area contributed by atoms with Gasteiger partial charge in [0.15, 0.2) is 80.8 Å². The molecule has 0 fully saturated rings. The third kappa shape index (κ3) is 22.9. The van der Waals surface area contributed by atoms with Gasteiger partial charge in [0.25, 0.3) is 0 Å². The maximum Gasteiger partial charge on any atom is 0.339 e. The van der Waals surface area contributed by atoms with Crippen LogP contribution in [0.3, 0.4) is 0 Å². The molecule has 0 aliphatic carbocycles. The van der Waals surface area contributed by atoms with Crippen LogP contribution in [0.15, 0.2) is 222 Å². The van der Waals surface area contributed by atoms with Gasteiger partial charge in [-0.1, -0.05) is 59.6 Å². The molecule has 666 valence electrons. The number of carboxylic acids is 1. The van der Waals surface area contributed by atoms with E-state index >= 15 is 0 Å². The Morgan fingerprint density at radius 1 is 0.293 bits per heavy atom. The van der Waals surface area contributed by atoms with Crippen LogP contribution in [-0.2, 0) is 0 Å². The molecule has 10 heterocycles. The monoisotopic (exact) mass is 1870 g/mol. The lowest BCUT2D eigenvalue weighted by atomic mass is 10.1. The molecule has 20 rings (SSSR count). The third-order valence-electron chi connectivity index (χ3n) is 17.9. The fourth-order valence-corrected chi connectivity index (χ4v) is 12.1. The average molecular weight is 1870 g/mol. The number of carboxylic acid groups (broad SMARTS) is 1. The van der Waals surface area contributed by atoms with Gasteiger partial charge in [-0.15, -0.1) is 0 Å². The Morgan fingerprint density at radius 3 is 1.09 bits per heavy atom. The lowest BCUT2D eigenvalue weighted by molar-refractivity contribution is 0.0693. The number of aromatic nitrogens is 20. The molecule has 0 saturated carbocycles. The zero-order chi connectivity index (χ0) is 96.0. The molecule has 0 spiro atoms. The van der Waals surface area contributed by atoms with Gasteiger partial charge in [0.1, 0.15) is 146 Å². The van der Waals surface area contributed by atoms with E-state index in [4.69, 9.17) is 50.3 Å². The molecule has 45 heteroatoms. The number of phenols is 10. The maximum absolute atomic E-state index is 13.2. The van der Waals surface area contributed by atoms with Gasteiger partial charge >= 0.3 is 5.97 Å². The molecule has 133 heavy (non-hydrogen) atoms. The van der Waals surface area contributed by atoms with Gasteiger partial charge in [-0.3, -0.25) is 14.4 Å². The second-order valence-corrected chi connectivity index (χ2v) is 27.6. The number of para-hydroxylation sites is 1. The number of phenolic OH excluding ortho intramolecular Hbond substituents is 9. The molecule has 20 aromatic rings. The Bertz CT molecular complexity index is 7560. The molecular weight excluding hydrogens is 1810 g/mol. The normalized spacial score (nSPS) is 10.4. The smallest absolute Gasteiger partial charge is 0.339 e. The van der Waals surface area contributed by atoms with Crippen LogP contribution in [0.4, 0.5) is 26.3 Å². The summed E-state index contributed by atoms with van der Waals surface area (Å²) < 4.78 is 77.5. The third-order valence-corrected chi connectivity index (χ3v) is 18.7. The summed E-state index contributed by atoms with van der Waals surface area (Å²) in [6.45, 7) is 4.14. The number of ketones is 3. The van der Waals surface area contributed by atoms with Crippen LogP contribution >= 0.6 is 34.8 Å². The van der Waals surface area contributed by atoms with Gasteiger partial charge in [0, 0.05) is 106 Å². The quantitative estimate of drug-likeness (QED) is 0.0443. The Hall–Kier alpha value is -18.0. The number of aromatic hydroxyl groups is 10. The molecule has 0 radical (unpaired) electrons. The number of rotatable bonds is 4. The number of hydrogen-bond donors (Lipinski definition) is 11. The Morgan fingerprint density at radius 2 is 0.624 bits per heavy atom. The van der Waals surface area contributed by atoms with E-state index in [1.165, 1.54) is 157 Å². The van der Waals surface area contributed by atoms with Crippen LogP contribution in [0.25, 0.3) is 109 Å². The average Bonchev–Trinajstić information content (AvgIpc) is 0.797. The highest BCUT2D eigenvalue weighted by molar-refractivity contribution is 6.35. The standard InChI is InChI=1S/C11H7N3O2.C10H7ClN2O2.C10H8N2O2.C9H6N2O3.2C8H4ClFN2O.C8H4F2N2O.2C8H5FN2O.C8H6N2O/c1-6(15)8-3-2-7-5-13-9(4-12)14-10(7)11(8)16;1-5(14)7-3-2-6-4-12-10(11)13-8(6)9(7)15;1-6(13)8-3-2-7-4-11-5-12-9(7)10(8)14;12-8-6(9(13)14)2-1-5-3-10-4-11-7(5)8;9-5-1-6(10)4-2-11-3-12-7(4)8(5)13;2*9-5-1-6(10)8(13)7-4(5)2-11-3-12-7;9-6-1-2-7(12)8-5(6)3-10-4-11-8;9-6-2-1-5-3-10-4-11-7(5)8(6)12;11-7-3-1-2-6-4-9-5-10-8(6)7/h2-3,5,16H,1H3;2-4,15H,1H3;2-5,14H,1H3;1-4,12H,(H,13,14);3*1-3,13H;2*1-4,12H;1-5,11H. The van der Waals surface area contributed by atoms with Crippen LogP contribution in [0, 0.1) is 46.2 Å². The summed E-state index contributed by atoms with van der Waals surface area (Å²) in [6, 6.07) is 27.3. The predicted molar refractivity (Wildman–Crippen MR) is 468 cm³/mol. The number of Topliss-reactive ketones (excluding diaryl/α,β-unsaturated/α-hetero) is 3. The van der Waals surface area contributed by atoms with Crippen molar-refractivity contribution in [2.24, 2.45) is 0 Å². The van der Waals surface area contributed by atoms with Crippen molar-refractivity contribution in [3.8, 4) is 63.6 Å². The Kier molecular flexibility index (Phi) is 31.3. The first-order chi connectivity index (χ1) is 63.7. The lowest BCUT2D eigenvalue weighted by Crippen LogP contribution is -1.97. The number of carbonyl (C=O) groups excluding carboxylic acids is 3. The van der Waals surface area contributed by atoms with Crippen LogP contribution in [-0.4, -0.2) is 179 Å². The van der Waals surface area contributed by atoms with Crippen LogP contribution < -0.4 is 0 Å². The summed E-state index contributed by atoms with van der Waals surface area (Å²) in [5.41, 5.74) is 2.94. The SMILES string of the molecule is CC(=O)c1ccc2cnc(C#N)nc2c1O.CC(=O)c1ccc2cnc(Cl)nc2c1O.CC(=O)c1ccc2cncnc2c1O.O=C(O)c1ccc2cncnc2c1O.Oc1c(Cl)cc(F)c2cncnc12.Oc1c(F)cc(Cl)c2cncnc12.Oc1c(F)cc(F)c2cncnc12.Oc1c(F)ccc2cncnc12.Oc1ccc(F)c2cncnc12.Oc1cccc2cncnc12. The van der Waals surface area contributed by atoms with Crippen LogP contribution in [0.5, 0.6) is 57.5 Å². The number of benzene rings is 10. The number of aromatic carboxylic acids is 1. The molecule has 0 amide bonds. The molecule has 0 bridgehead atoms.